The predicted molar refractivity (Wildman–Crippen MR) is 44.4 cm³/mol. The lowest BCUT2D eigenvalue weighted by atomic mass is 10.2. The third-order valence-electron chi connectivity index (χ3n) is 1.16. The minimum atomic E-state index is 0.201. The molecule has 0 aromatic carbocycles. The van der Waals surface area contributed by atoms with E-state index in [0.717, 1.165) is 12.8 Å². The van der Waals surface area contributed by atoms with Crippen LogP contribution < -0.4 is 0 Å². The molecule has 0 spiro atoms. The van der Waals surface area contributed by atoms with E-state index in [-0.39, 0.29) is 5.78 Å². The number of carbonyl (C=O) groups is 1. The van der Waals surface area contributed by atoms with Gasteiger partial charge in [-0.15, -0.1) is 11.6 Å². The SMILES string of the molecule is C/C=C/C(=O)CCCCCl. The van der Waals surface area contributed by atoms with Crippen LogP contribution in [0.1, 0.15) is 26.2 Å². The number of hydrogen-bond donors (Lipinski definition) is 0. The minimum absolute atomic E-state index is 0.201. The summed E-state index contributed by atoms with van der Waals surface area (Å²) in [5, 5.41) is 0. The summed E-state index contributed by atoms with van der Waals surface area (Å²) in [6.07, 6.45) is 5.85. The Morgan fingerprint density at radius 3 is 2.70 bits per heavy atom. The van der Waals surface area contributed by atoms with Crippen LogP contribution in [0, 0.1) is 0 Å². The van der Waals surface area contributed by atoms with Crippen LogP contribution in [0.15, 0.2) is 12.2 Å². The second kappa shape index (κ2) is 6.81. The standard InChI is InChI=1S/C8H13ClO/c1-2-5-8(10)6-3-4-7-9/h2,5H,3-4,6-7H2,1H3/b5-2+. The Morgan fingerprint density at radius 2 is 2.20 bits per heavy atom. The van der Waals surface area contributed by atoms with Crippen LogP contribution in [0.4, 0.5) is 0 Å². The minimum Gasteiger partial charge on any atom is -0.295 e. The van der Waals surface area contributed by atoms with E-state index in [9.17, 15) is 4.79 Å². The highest BCUT2D eigenvalue weighted by Crippen LogP contribution is 1.98. The molecule has 2 heteroatoms. The van der Waals surface area contributed by atoms with Crippen molar-refractivity contribution in [3.8, 4) is 0 Å². The number of rotatable bonds is 5. The quantitative estimate of drug-likeness (QED) is 0.343. The monoisotopic (exact) mass is 160 g/mol. The maximum absolute atomic E-state index is 10.8. The molecule has 1 nitrogen and oxygen atoms in total. The second-order valence-corrected chi connectivity index (χ2v) is 2.49. The van der Waals surface area contributed by atoms with Crippen LogP contribution in [-0.2, 0) is 4.79 Å². The molecule has 0 fully saturated rings. The topological polar surface area (TPSA) is 17.1 Å². The molecule has 58 valence electrons. The second-order valence-electron chi connectivity index (χ2n) is 2.11. The van der Waals surface area contributed by atoms with Gasteiger partial charge in [-0.25, -0.2) is 0 Å². The number of hydrogen-bond acceptors (Lipinski definition) is 1. The maximum Gasteiger partial charge on any atom is 0.155 e. The van der Waals surface area contributed by atoms with Crippen molar-refractivity contribution in [1.82, 2.24) is 0 Å². The summed E-state index contributed by atoms with van der Waals surface area (Å²) in [6.45, 7) is 1.85. The van der Waals surface area contributed by atoms with E-state index in [2.05, 4.69) is 0 Å². The first-order chi connectivity index (χ1) is 4.81. The Bertz CT molecular complexity index is 118. The Kier molecular flexibility index (Phi) is 6.61. The first-order valence-electron chi connectivity index (χ1n) is 3.52. The van der Waals surface area contributed by atoms with E-state index in [1.807, 2.05) is 6.92 Å². The zero-order valence-electron chi connectivity index (χ0n) is 6.27. The number of alkyl halides is 1. The van der Waals surface area contributed by atoms with Gasteiger partial charge in [-0.05, 0) is 25.8 Å². The van der Waals surface area contributed by atoms with Crippen LogP contribution in [-0.4, -0.2) is 11.7 Å². The normalized spacial score (nSPS) is 10.6. The molecular weight excluding hydrogens is 148 g/mol. The van der Waals surface area contributed by atoms with Crippen LogP contribution >= 0.6 is 11.6 Å². The van der Waals surface area contributed by atoms with Gasteiger partial charge in [0.2, 0.25) is 0 Å². The van der Waals surface area contributed by atoms with Crippen LogP contribution in [0.3, 0.4) is 0 Å². The summed E-state index contributed by atoms with van der Waals surface area (Å²) in [5.74, 6) is 0.857. The molecule has 0 saturated carbocycles. The zero-order valence-corrected chi connectivity index (χ0v) is 7.03. The van der Waals surface area contributed by atoms with Gasteiger partial charge in [0.1, 0.15) is 0 Å². The van der Waals surface area contributed by atoms with Crippen molar-refractivity contribution >= 4 is 17.4 Å². The Labute approximate surface area is 67.1 Å². The molecule has 0 amide bonds. The molecule has 0 bridgehead atoms. The number of halogens is 1. The zero-order chi connectivity index (χ0) is 7.82. The highest BCUT2D eigenvalue weighted by molar-refractivity contribution is 6.17. The molecule has 0 aromatic heterocycles. The summed E-state index contributed by atoms with van der Waals surface area (Å²) in [6, 6.07) is 0. The number of ketones is 1. The van der Waals surface area contributed by atoms with E-state index in [0.29, 0.717) is 12.3 Å². The van der Waals surface area contributed by atoms with Gasteiger partial charge in [0.15, 0.2) is 5.78 Å². The van der Waals surface area contributed by atoms with E-state index in [1.165, 1.54) is 0 Å². The van der Waals surface area contributed by atoms with Crippen molar-refractivity contribution in [2.75, 3.05) is 5.88 Å². The first-order valence-corrected chi connectivity index (χ1v) is 4.06. The van der Waals surface area contributed by atoms with E-state index < -0.39 is 0 Å². The van der Waals surface area contributed by atoms with Gasteiger partial charge in [0.25, 0.3) is 0 Å². The fourth-order valence-electron chi connectivity index (χ4n) is 0.663. The molecule has 0 heterocycles. The summed E-state index contributed by atoms with van der Waals surface area (Å²) in [4.78, 5) is 10.8. The molecule has 0 unspecified atom stereocenters. The smallest absolute Gasteiger partial charge is 0.155 e. The third kappa shape index (κ3) is 5.83. The summed E-state index contributed by atoms with van der Waals surface area (Å²) >= 11 is 5.43. The van der Waals surface area contributed by atoms with Crippen molar-refractivity contribution in [1.29, 1.82) is 0 Å². The lowest BCUT2D eigenvalue weighted by Gasteiger charge is -1.91. The fraction of sp³-hybridized carbons (Fsp3) is 0.625. The van der Waals surface area contributed by atoms with Crippen LogP contribution in [0.5, 0.6) is 0 Å². The molecule has 0 saturated heterocycles. The summed E-state index contributed by atoms with van der Waals surface area (Å²) < 4.78 is 0. The molecular formula is C8H13ClO. The number of unbranched alkanes of at least 4 members (excludes halogenated alkanes) is 1. The van der Waals surface area contributed by atoms with Gasteiger partial charge in [-0.3, -0.25) is 4.79 Å². The molecule has 0 aliphatic carbocycles. The average molecular weight is 161 g/mol. The summed E-state index contributed by atoms with van der Waals surface area (Å²) in [5.41, 5.74) is 0. The largest absolute Gasteiger partial charge is 0.295 e. The van der Waals surface area contributed by atoms with Crippen molar-refractivity contribution in [3.63, 3.8) is 0 Å². The third-order valence-corrected chi connectivity index (χ3v) is 1.43. The molecule has 0 radical (unpaired) electrons. The van der Waals surface area contributed by atoms with Gasteiger partial charge in [0.05, 0.1) is 0 Å². The van der Waals surface area contributed by atoms with Crippen molar-refractivity contribution in [2.45, 2.75) is 26.2 Å². The summed E-state index contributed by atoms with van der Waals surface area (Å²) in [7, 11) is 0. The van der Waals surface area contributed by atoms with Crippen molar-refractivity contribution in [3.05, 3.63) is 12.2 Å². The van der Waals surface area contributed by atoms with Gasteiger partial charge in [-0.1, -0.05) is 6.08 Å². The van der Waals surface area contributed by atoms with Gasteiger partial charge in [-0.2, -0.15) is 0 Å². The molecule has 0 aromatic rings. The molecule has 0 atom stereocenters. The number of carbonyl (C=O) groups excluding carboxylic acids is 1. The predicted octanol–water partition coefficient (Wildman–Crippen LogP) is 2.54. The van der Waals surface area contributed by atoms with E-state index in [1.54, 1.807) is 12.2 Å². The van der Waals surface area contributed by atoms with Gasteiger partial charge < -0.3 is 0 Å². The Hall–Kier alpha value is -0.300. The lowest BCUT2D eigenvalue weighted by Crippen LogP contribution is -1.91. The molecule has 0 aliphatic rings. The van der Waals surface area contributed by atoms with Crippen LogP contribution in [0.2, 0.25) is 0 Å². The van der Waals surface area contributed by atoms with Gasteiger partial charge in [0, 0.05) is 12.3 Å². The molecule has 0 N–H and O–H groups in total. The average Bonchev–Trinajstić information content (AvgIpc) is 1.89. The molecule has 0 rings (SSSR count). The fourth-order valence-corrected chi connectivity index (χ4v) is 0.852. The number of allylic oxidation sites excluding steroid dienone is 2. The Balaban J connectivity index is 3.22. The van der Waals surface area contributed by atoms with E-state index in [4.69, 9.17) is 11.6 Å². The first kappa shape index (κ1) is 9.70. The lowest BCUT2D eigenvalue weighted by molar-refractivity contribution is -0.114. The Morgan fingerprint density at radius 1 is 1.50 bits per heavy atom. The van der Waals surface area contributed by atoms with Crippen molar-refractivity contribution < 1.29 is 4.79 Å². The van der Waals surface area contributed by atoms with E-state index >= 15 is 0 Å². The van der Waals surface area contributed by atoms with Gasteiger partial charge >= 0.3 is 0 Å². The van der Waals surface area contributed by atoms with Crippen LogP contribution in [0.25, 0.3) is 0 Å². The highest BCUT2D eigenvalue weighted by Gasteiger charge is 1.93. The molecule has 0 aliphatic heterocycles. The van der Waals surface area contributed by atoms with Crippen molar-refractivity contribution in [2.24, 2.45) is 0 Å². The maximum atomic E-state index is 10.8. The highest BCUT2D eigenvalue weighted by atomic mass is 35.5. The molecule has 10 heavy (non-hydrogen) atoms.